The molecule has 1 N–H and O–H groups in total. The fraction of sp³-hybridized carbons (Fsp3) is 0.444. The predicted octanol–water partition coefficient (Wildman–Crippen LogP) is 3.21. The van der Waals surface area contributed by atoms with E-state index in [4.69, 9.17) is 0 Å². The van der Waals surface area contributed by atoms with Gasteiger partial charge in [0.15, 0.2) is 0 Å². The second-order valence-corrected chi connectivity index (χ2v) is 6.08. The van der Waals surface area contributed by atoms with E-state index in [1.807, 2.05) is 48.1 Å². The van der Waals surface area contributed by atoms with E-state index in [9.17, 15) is 4.79 Å². The average molecular weight is 297 g/mol. The van der Waals surface area contributed by atoms with Crippen molar-refractivity contribution in [3.05, 3.63) is 54.1 Å². The molecule has 1 unspecified atom stereocenters. The van der Waals surface area contributed by atoms with Crippen LogP contribution in [0.15, 0.2) is 42.7 Å². The smallest absolute Gasteiger partial charge is 0.223 e. The van der Waals surface area contributed by atoms with E-state index < -0.39 is 0 Å². The van der Waals surface area contributed by atoms with Crippen molar-refractivity contribution >= 4 is 5.91 Å². The summed E-state index contributed by atoms with van der Waals surface area (Å²) in [5, 5.41) is 3.22. The van der Waals surface area contributed by atoms with E-state index in [-0.39, 0.29) is 17.9 Å². The van der Waals surface area contributed by atoms with E-state index in [2.05, 4.69) is 10.3 Å². The number of aryl methyl sites for hydroxylation is 1. The van der Waals surface area contributed by atoms with Gasteiger partial charge in [0.25, 0.3) is 0 Å². The van der Waals surface area contributed by atoms with Crippen LogP contribution in [0.2, 0.25) is 0 Å². The molecule has 4 heteroatoms. The number of carbonyl (C=O) groups is 1. The quantitative estimate of drug-likeness (QED) is 0.942. The lowest BCUT2D eigenvalue weighted by atomic mass is 9.88. The van der Waals surface area contributed by atoms with Crippen molar-refractivity contribution in [1.82, 2.24) is 14.9 Å². The summed E-state index contributed by atoms with van der Waals surface area (Å²) < 4.78 is 1.97. The first-order valence-corrected chi connectivity index (χ1v) is 8.08. The molecule has 1 fully saturated rings. The summed E-state index contributed by atoms with van der Waals surface area (Å²) in [6.45, 7) is 0. The number of nitrogens with zero attached hydrogens (tertiary/aromatic N) is 2. The Labute approximate surface area is 131 Å². The fourth-order valence-electron chi connectivity index (χ4n) is 3.22. The number of imidazole rings is 1. The number of hydrogen-bond donors (Lipinski definition) is 1. The number of carbonyl (C=O) groups excluding carboxylic acids is 1. The van der Waals surface area contributed by atoms with Crippen LogP contribution in [0, 0.1) is 5.92 Å². The zero-order chi connectivity index (χ0) is 15.4. The molecule has 0 aliphatic heterocycles. The highest BCUT2D eigenvalue weighted by Crippen LogP contribution is 2.26. The minimum Gasteiger partial charge on any atom is -0.342 e. The maximum atomic E-state index is 12.6. The Hall–Kier alpha value is -2.10. The van der Waals surface area contributed by atoms with Crippen molar-refractivity contribution in [2.24, 2.45) is 13.0 Å². The minimum atomic E-state index is -0.185. The molecule has 1 saturated carbocycles. The second-order valence-electron chi connectivity index (χ2n) is 6.08. The molecule has 0 spiro atoms. The summed E-state index contributed by atoms with van der Waals surface area (Å²) in [5.74, 6) is 1.19. The molecule has 2 aromatic rings. The van der Waals surface area contributed by atoms with Gasteiger partial charge in [0.2, 0.25) is 5.91 Å². The van der Waals surface area contributed by atoms with Crippen molar-refractivity contribution in [1.29, 1.82) is 0 Å². The lowest BCUT2D eigenvalue weighted by Crippen LogP contribution is -2.36. The molecular formula is C18H23N3O. The maximum absolute atomic E-state index is 12.6. The molecule has 1 aromatic heterocycles. The SMILES string of the molecule is Cn1ccnc1C(NC(=O)C1CCCCC1)c1ccccc1. The summed E-state index contributed by atoms with van der Waals surface area (Å²) in [7, 11) is 1.96. The first kappa shape index (κ1) is 14.8. The number of aromatic nitrogens is 2. The predicted molar refractivity (Wildman–Crippen MR) is 86.2 cm³/mol. The maximum Gasteiger partial charge on any atom is 0.223 e. The minimum absolute atomic E-state index is 0.153. The highest BCUT2D eigenvalue weighted by Gasteiger charge is 2.26. The van der Waals surface area contributed by atoms with Gasteiger partial charge in [-0.2, -0.15) is 0 Å². The Morgan fingerprint density at radius 3 is 2.59 bits per heavy atom. The Balaban J connectivity index is 1.83. The second kappa shape index (κ2) is 6.77. The summed E-state index contributed by atoms with van der Waals surface area (Å²) >= 11 is 0. The lowest BCUT2D eigenvalue weighted by molar-refractivity contribution is -0.126. The highest BCUT2D eigenvalue weighted by atomic mass is 16.1. The van der Waals surface area contributed by atoms with Gasteiger partial charge in [-0.05, 0) is 18.4 Å². The molecule has 0 saturated heterocycles. The normalized spacial score (nSPS) is 17.1. The first-order chi connectivity index (χ1) is 10.8. The van der Waals surface area contributed by atoms with Crippen LogP contribution in [0.4, 0.5) is 0 Å². The number of benzene rings is 1. The molecule has 1 amide bonds. The third kappa shape index (κ3) is 3.21. The third-order valence-electron chi connectivity index (χ3n) is 4.51. The molecule has 1 heterocycles. The van der Waals surface area contributed by atoms with E-state index in [1.54, 1.807) is 6.20 Å². The lowest BCUT2D eigenvalue weighted by Gasteiger charge is -2.25. The Morgan fingerprint density at radius 2 is 1.95 bits per heavy atom. The van der Waals surface area contributed by atoms with Crippen LogP contribution in [0.1, 0.15) is 49.5 Å². The first-order valence-electron chi connectivity index (χ1n) is 8.08. The molecular weight excluding hydrogens is 274 g/mol. The van der Waals surface area contributed by atoms with E-state index in [1.165, 1.54) is 6.42 Å². The van der Waals surface area contributed by atoms with E-state index in [0.717, 1.165) is 37.1 Å². The van der Waals surface area contributed by atoms with Crippen molar-refractivity contribution in [2.45, 2.75) is 38.1 Å². The Bertz CT molecular complexity index is 614. The van der Waals surface area contributed by atoms with E-state index in [0.29, 0.717) is 0 Å². The summed E-state index contributed by atoms with van der Waals surface area (Å²) in [5.41, 5.74) is 1.07. The van der Waals surface area contributed by atoms with Crippen LogP contribution >= 0.6 is 0 Å². The van der Waals surface area contributed by atoms with Gasteiger partial charge in [0.05, 0.1) is 0 Å². The summed E-state index contributed by atoms with van der Waals surface area (Å²) in [6.07, 6.45) is 9.29. The van der Waals surface area contributed by atoms with Gasteiger partial charge in [0, 0.05) is 25.4 Å². The summed E-state index contributed by atoms with van der Waals surface area (Å²) in [4.78, 5) is 17.1. The molecule has 116 valence electrons. The molecule has 0 radical (unpaired) electrons. The number of amides is 1. The largest absolute Gasteiger partial charge is 0.342 e. The van der Waals surface area contributed by atoms with Crippen LogP contribution in [0.25, 0.3) is 0 Å². The Kier molecular flexibility index (Phi) is 4.56. The van der Waals surface area contributed by atoms with Crippen LogP contribution in [0.3, 0.4) is 0 Å². The van der Waals surface area contributed by atoms with E-state index >= 15 is 0 Å². The van der Waals surface area contributed by atoms with Gasteiger partial charge in [-0.25, -0.2) is 4.98 Å². The van der Waals surface area contributed by atoms with Crippen LogP contribution in [-0.2, 0) is 11.8 Å². The third-order valence-corrected chi connectivity index (χ3v) is 4.51. The van der Waals surface area contributed by atoms with Gasteiger partial charge >= 0.3 is 0 Å². The molecule has 1 aromatic carbocycles. The fourth-order valence-corrected chi connectivity index (χ4v) is 3.22. The number of hydrogen-bond acceptors (Lipinski definition) is 2. The molecule has 1 aliphatic carbocycles. The van der Waals surface area contributed by atoms with Gasteiger partial charge in [-0.1, -0.05) is 49.6 Å². The van der Waals surface area contributed by atoms with Gasteiger partial charge in [-0.15, -0.1) is 0 Å². The summed E-state index contributed by atoms with van der Waals surface area (Å²) in [6, 6.07) is 9.88. The monoisotopic (exact) mass is 297 g/mol. The van der Waals surface area contributed by atoms with Gasteiger partial charge in [-0.3, -0.25) is 4.79 Å². The van der Waals surface area contributed by atoms with Gasteiger partial charge in [0.1, 0.15) is 11.9 Å². The zero-order valence-corrected chi connectivity index (χ0v) is 13.0. The molecule has 22 heavy (non-hydrogen) atoms. The van der Waals surface area contributed by atoms with Crippen LogP contribution in [0.5, 0.6) is 0 Å². The van der Waals surface area contributed by atoms with Crippen molar-refractivity contribution in [3.8, 4) is 0 Å². The number of nitrogens with one attached hydrogen (secondary N) is 1. The van der Waals surface area contributed by atoms with Gasteiger partial charge < -0.3 is 9.88 Å². The topological polar surface area (TPSA) is 46.9 Å². The van der Waals surface area contributed by atoms with Crippen molar-refractivity contribution < 1.29 is 4.79 Å². The van der Waals surface area contributed by atoms with Crippen LogP contribution in [-0.4, -0.2) is 15.5 Å². The average Bonchev–Trinajstić information content (AvgIpc) is 3.00. The number of rotatable bonds is 4. The highest BCUT2D eigenvalue weighted by molar-refractivity contribution is 5.79. The molecule has 1 atom stereocenters. The molecule has 3 rings (SSSR count). The molecule has 4 nitrogen and oxygen atoms in total. The molecule has 0 bridgehead atoms. The van der Waals surface area contributed by atoms with Crippen LogP contribution < -0.4 is 5.32 Å². The Morgan fingerprint density at radius 1 is 1.23 bits per heavy atom. The molecule has 1 aliphatic rings. The standard InChI is InChI=1S/C18H23N3O/c1-21-13-12-19-17(21)16(14-8-4-2-5-9-14)20-18(22)15-10-6-3-7-11-15/h2,4-5,8-9,12-13,15-16H,3,6-7,10-11H2,1H3,(H,20,22). The van der Waals surface area contributed by atoms with Crippen molar-refractivity contribution in [2.75, 3.05) is 0 Å². The zero-order valence-electron chi connectivity index (χ0n) is 13.0. The van der Waals surface area contributed by atoms with Crippen molar-refractivity contribution in [3.63, 3.8) is 0 Å².